The second-order valence-electron chi connectivity index (χ2n) is 4.94. The van der Waals surface area contributed by atoms with Crippen LogP contribution in [0.5, 0.6) is 0 Å². The smallest absolute Gasteiger partial charge is 0.159 e. The van der Waals surface area contributed by atoms with Gasteiger partial charge in [0.2, 0.25) is 0 Å². The highest BCUT2D eigenvalue weighted by Gasteiger charge is 2.39. The maximum atomic E-state index is 12.0. The quantitative estimate of drug-likeness (QED) is 0.894. The van der Waals surface area contributed by atoms with E-state index in [2.05, 4.69) is 5.32 Å². The average Bonchev–Trinajstić information content (AvgIpc) is 2.39. The van der Waals surface area contributed by atoms with Crippen molar-refractivity contribution < 1.29 is 4.79 Å². The monoisotopic (exact) mass is 291 g/mol. The molecular weight excluding hydrogens is 274 g/mol. The number of para-hydroxylation sites is 1. The molecule has 1 fully saturated rings. The fourth-order valence-electron chi connectivity index (χ4n) is 2.52. The first-order valence-corrected chi connectivity index (χ1v) is 8.56. The summed E-state index contributed by atoms with van der Waals surface area (Å²) in [5.74, 6) is 2.62. The summed E-state index contributed by atoms with van der Waals surface area (Å²) in [5, 5.41) is 3.40. The Balaban J connectivity index is 1.76. The van der Waals surface area contributed by atoms with Gasteiger partial charge in [0.25, 0.3) is 0 Å². The van der Waals surface area contributed by atoms with Crippen molar-refractivity contribution in [1.29, 1.82) is 0 Å². The van der Waals surface area contributed by atoms with Crippen LogP contribution in [0.15, 0.2) is 42.1 Å². The lowest BCUT2D eigenvalue weighted by Crippen LogP contribution is -2.33. The Morgan fingerprint density at radius 1 is 1.05 bits per heavy atom. The molecule has 2 aliphatic rings. The lowest BCUT2D eigenvalue weighted by atomic mass is 10.0. The molecule has 0 atom stereocenters. The number of carbonyl (C=O) groups is 1. The van der Waals surface area contributed by atoms with Crippen molar-refractivity contribution in [3.63, 3.8) is 0 Å². The van der Waals surface area contributed by atoms with Gasteiger partial charge in [-0.3, -0.25) is 4.79 Å². The van der Waals surface area contributed by atoms with Gasteiger partial charge >= 0.3 is 0 Å². The molecule has 4 heteroatoms. The largest absolute Gasteiger partial charge is 0.359 e. The third kappa shape index (κ3) is 3.18. The van der Waals surface area contributed by atoms with Crippen LogP contribution in [-0.2, 0) is 4.79 Å². The Kier molecular flexibility index (Phi) is 3.89. The van der Waals surface area contributed by atoms with E-state index < -0.39 is 0 Å². The zero-order valence-electron chi connectivity index (χ0n) is 10.7. The van der Waals surface area contributed by atoms with E-state index in [1.807, 2.05) is 53.9 Å². The molecule has 1 aliphatic carbocycles. The SMILES string of the molecule is O=C1C=C(Nc2ccccc2)CC2(C1)SCCCS2. The third-order valence-electron chi connectivity index (χ3n) is 3.34. The fraction of sp³-hybridized carbons (Fsp3) is 0.400. The molecule has 3 rings (SSSR count). The van der Waals surface area contributed by atoms with E-state index in [1.165, 1.54) is 17.9 Å². The Bertz CT molecular complexity index is 492. The van der Waals surface area contributed by atoms with Crippen LogP contribution in [0.25, 0.3) is 0 Å². The van der Waals surface area contributed by atoms with Gasteiger partial charge in [-0.15, -0.1) is 23.5 Å². The predicted octanol–water partition coefficient (Wildman–Crippen LogP) is 3.91. The van der Waals surface area contributed by atoms with Gasteiger partial charge in [0.05, 0.1) is 4.08 Å². The number of carbonyl (C=O) groups excluding carboxylic acids is 1. The first kappa shape index (κ1) is 13.1. The van der Waals surface area contributed by atoms with E-state index >= 15 is 0 Å². The first-order chi connectivity index (χ1) is 9.26. The van der Waals surface area contributed by atoms with Crippen molar-refractivity contribution in [3.05, 3.63) is 42.1 Å². The van der Waals surface area contributed by atoms with Crippen molar-refractivity contribution in [3.8, 4) is 0 Å². The highest BCUT2D eigenvalue weighted by atomic mass is 32.2. The maximum absolute atomic E-state index is 12.0. The molecule has 0 amide bonds. The van der Waals surface area contributed by atoms with Crippen LogP contribution in [0.2, 0.25) is 0 Å². The van der Waals surface area contributed by atoms with E-state index in [4.69, 9.17) is 0 Å². The van der Waals surface area contributed by atoms with Crippen LogP contribution in [-0.4, -0.2) is 21.4 Å². The second-order valence-corrected chi connectivity index (χ2v) is 8.16. The van der Waals surface area contributed by atoms with E-state index in [1.54, 1.807) is 6.08 Å². The van der Waals surface area contributed by atoms with E-state index in [0.29, 0.717) is 6.42 Å². The minimum Gasteiger partial charge on any atom is -0.359 e. The molecule has 0 unspecified atom stereocenters. The minimum atomic E-state index is 0.0845. The normalized spacial score (nSPS) is 22.1. The molecular formula is C15H17NOS2. The van der Waals surface area contributed by atoms with Gasteiger partial charge in [-0.1, -0.05) is 18.2 Å². The molecule has 19 heavy (non-hydrogen) atoms. The van der Waals surface area contributed by atoms with Crippen molar-refractivity contribution in [2.45, 2.75) is 23.3 Å². The van der Waals surface area contributed by atoms with Crippen LogP contribution in [0.1, 0.15) is 19.3 Å². The number of nitrogens with one attached hydrogen (secondary N) is 1. The van der Waals surface area contributed by atoms with Crippen molar-refractivity contribution in [2.24, 2.45) is 0 Å². The third-order valence-corrected chi connectivity index (χ3v) is 6.66. The summed E-state index contributed by atoms with van der Waals surface area (Å²) in [6.07, 6.45) is 4.69. The molecule has 1 heterocycles. The zero-order valence-corrected chi connectivity index (χ0v) is 12.4. The average molecular weight is 291 g/mol. The molecule has 1 aromatic carbocycles. The van der Waals surface area contributed by atoms with Crippen LogP contribution in [0, 0.1) is 0 Å². The van der Waals surface area contributed by atoms with Crippen LogP contribution in [0.3, 0.4) is 0 Å². The van der Waals surface area contributed by atoms with Gasteiger partial charge in [0.1, 0.15) is 0 Å². The zero-order chi connectivity index (χ0) is 13.1. The van der Waals surface area contributed by atoms with Gasteiger partial charge in [-0.05, 0) is 30.1 Å². The van der Waals surface area contributed by atoms with E-state index in [9.17, 15) is 4.79 Å². The topological polar surface area (TPSA) is 29.1 Å². The summed E-state index contributed by atoms with van der Waals surface area (Å²) in [6.45, 7) is 0. The molecule has 0 bridgehead atoms. The first-order valence-electron chi connectivity index (χ1n) is 6.59. The summed E-state index contributed by atoms with van der Waals surface area (Å²) in [5.41, 5.74) is 2.12. The predicted molar refractivity (Wildman–Crippen MR) is 84.7 cm³/mol. The van der Waals surface area contributed by atoms with Gasteiger partial charge < -0.3 is 5.32 Å². The summed E-state index contributed by atoms with van der Waals surface area (Å²) >= 11 is 3.93. The standard InChI is InChI=1S/C15H17NOS2/c17-14-9-13(16-12-5-2-1-3-6-12)10-15(11-14)18-7-4-8-19-15/h1-3,5-6,9,16H,4,7-8,10-11H2. The molecule has 0 aromatic heterocycles. The molecule has 1 spiro atoms. The summed E-state index contributed by atoms with van der Waals surface area (Å²) in [6, 6.07) is 10.1. The molecule has 1 saturated heterocycles. The van der Waals surface area contributed by atoms with Gasteiger partial charge in [-0.2, -0.15) is 0 Å². The number of hydrogen-bond donors (Lipinski definition) is 1. The number of hydrogen-bond acceptors (Lipinski definition) is 4. The van der Waals surface area contributed by atoms with Crippen LogP contribution >= 0.6 is 23.5 Å². The number of allylic oxidation sites excluding steroid dienone is 2. The summed E-state index contributed by atoms with van der Waals surface area (Å²) in [7, 11) is 0. The van der Waals surface area contributed by atoms with Gasteiger partial charge in [0, 0.05) is 30.3 Å². The molecule has 0 saturated carbocycles. The second kappa shape index (κ2) is 5.63. The summed E-state index contributed by atoms with van der Waals surface area (Å²) in [4.78, 5) is 12.0. The molecule has 1 N–H and O–H groups in total. The van der Waals surface area contributed by atoms with Crippen molar-refractivity contribution in [2.75, 3.05) is 16.8 Å². The summed E-state index contributed by atoms with van der Waals surface area (Å²) < 4.78 is 0.0845. The Hall–Kier alpha value is -0.870. The highest BCUT2D eigenvalue weighted by molar-refractivity contribution is 8.18. The molecule has 1 aliphatic heterocycles. The Morgan fingerprint density at radius 3 is 2.53 bits per heavy atom. The number of benzene rings is 1. The number of ketones is 1. The molecule has 100 valence electrons. The Labute approximate surface area is 122 Å². The molecule has 2 nitrogen and oxygen atoms in total. The Morgan fingerprint density at radius 2 is 1.79 bits per heavy atom. The van der Waals surface area contributed by atoms with Gasteiger partial charge in [0.15, 0.2) is 5.78 Å². The number of anilines is 1. The van der Waals surface area contributed by atoms with Crippen molar-refractivity contribution >= 4 is 35.0 Å². The molecule has 0 radical (unpaired) electrons. The fourth-order valence-corrected chi connectivity index (χ4v) is 5.86. The van der Waals surface area contributed by atoms with E-state index in [0.717, 1.165) is 17.8 Å². The van der Waals surface area contributed by atoms with Crippen LogP contribution in [0.4, 0.5) is 5.69 Å². The lowest BCUT2D eigenvalue weighted by Gasteiger charge is -2.38. The number of rotatable bonds is 2. The molecule has 1 aromatic rings. The lowest BCUT2D eigenvalue weighted by molar-refractivity contribution is -0.115. The highest BCUT2D eigenvalue weighted by Crippen LogP contribution is 2.50. The van der Waals surface area contributed by atoms with E-state index in [-0.39, 0.29) is 9.86 Å². The maximum Gasteiger partial charge on any atom is 0.159 e. The van der Waals surface area contributed by atoms with Gasteiger partial charge in [-0.25, -0.2) is 0 Å². The number of thioether (sulfide) groups is 2. The van der Waals surface area contributed by atoms with Crippen molar-refractivity contribution in [1.82, 2.24) is 0 Å². The minimum absolute atomic E-state index is 0.0845. The van der Waals surface area contributed by atoms with Crippen LogP contribution < -0.4 is 5.32 Å².